The molecule has 4 N–H and O–H groups in total. The van der Waals surface area contributed by atoms with E-state index in [9.17, 15) is 14.3 Å². The van der Waals surface area contributed by atoms with Gasteiger partial charge in [-0.3, -0.25) is 4.79 Å². The summed E-state index contributed by atoms with van der Waals surface area (Å²) in [5.41, 5.74) is 7.30. The fraction of sp³-hybridized carbons (Fsp3) is 0.190. The van der Waals surface area contributed by atoms with Crippen LogP contribution in [0, 0.1) is 5.82 Å². The number of phenolic OH excluding ortho intramolecular Hbond substituents is 1. The maximum Gasteiger partial charge on any atom is 0.266 e. The second-order valence-corrected chi connectivity index (χ2v) is 8.20. The smallest absolute Gasteiger partial charge is 0.266 e. The van der Waals surface area contributed by atoms with Crippen LogP contribution in [0.3, 0.4) is 0 Å². The largest absolute Gasteiger partial charge is 0.507 e. The van der Waals surface area contributed by atoms with Gasteiger partial charge in [0, 0.05) is 33.8 Å². The Morgan fingerprint density at radius 2 is 2.00 bits per heavy atom. The predicted molar refractivity (Wildman–Crippen MR) is 109 cm³/mol. The van der Waals surface area contributed by atoms with Crippen LogP contribution in [0.25, 0.3) is 32.1 Å². The number of hydrogen-bond donors (Lipinski definition) is 3. The fourth-order valence-electron chi connectivity index (χ4n) is 3.46. The molecular weight excluding hydrogens is 363 g/mol. The number of aromatic hydroxyl groups is 1. The van der Waals surface area contributed by atoms with Crippen molar-refractivity contribution in [2.75, 3.05) is 6.54 Å². The molecule has 4 rings (SSSR count). The van der Waals surface area contributed by atoms with E-state index >= 15 is 0 Å². The molecule has 0 spiro atoms. The number of phenols is 1. The van der Waals surface area contributed by atoms with E-state index in [1.807, 2.05) is 25.3 Å². The number of benzene rings is 2. The molecule has 0 saturated heterocycles. The third-order valence-electron chi connectivity index (χ3n) is 5.07. The molecule has 0 atom stereocenters. The molecule has 0 aliphatic rings. The maximum absolute atomic E-state index is 14.9. The highest BCUT2D eigenvalue weighted by atomic mass is 32.1. The zero-order valence-electron chi connectivity index (χ0n) is 15.0. The standard InChI is InChI=1S/C21H19FN2O2S/c1-21(2,10-23)13-4-3-11(9-14(13)22)17-16(25)6-5-15-18(17)12-7-8-27-19(12)20(26)24-15/h3-9,25H,10,23H2,1-2H3,(H,24,26). The van der Waals surface area contributed by atoms with E-state index in [1.54, 1.807) is 18.2 Å². The van der Waals surface area contributed by atoms with Crippen molar-refractivity contribution in [3.8, 4) is 16.9 Å². The Kier molecular flexibility index (Phi) is 4.05. The average Bonchev–Trinajstić information content (AvgIpc) is 3.12. The first-order valence-electron chi connectivity index (χ1n) is 8.59. The van der Waals surface area contributed by atoms with Gasteiger partial charge in [0.1, 0.15) is 16.3 Å². The van der Waals surface area contributed by atoms with E-state index in [2.05, 4.69) is 4.98 Å². The summed E-state index contributed by atoms with van der Waals surface area (Å²) in [5, 5.41) is 13.8. The lowest BCUT2D eigenvalue weighted by molar-refractivity contribution is 0.478. The van der Waals surface area contributed by atoms with Gasteiger partial charge in [0.15, 0.2) is 0 Å². The summed E-state index contributed by atoms with van der Waals surface area (Å²) in [4.78, 5) is 15.1. The lowest BCUT2D eigenvalue weighted by Gasteiger charge is -2.24. The van der Waals surface area contributed by atoms with E-state index in [4.69, 9.17) is 5.73 Å². The Bertz CT molecular complexity index is 1240. The first kappa shape index (κ1) is 17.7. The Balaban J connectivity index is 2.05. The second kappa shape index (κ2) is 6.18. The highest BCUT2D eigenvalue weighted by Gasteiger charge is 2.24. The van der Waals surface area contributed by atoms with E-state index < -0.39 is 5.41 Å². The number of thiophene rings is 1. The minimum atomic E-state index is -0.491. The van der Waals surface area contributed by atoms with Crippen LogP contribution in [0.15, 0.2) is 46.6 Å². The van der Waals surface area contributed by atoms with Gasteiger partial charge in [-0.1, -0.05) is 26.0 Å². The lowest BCUT2D eigenvalue weighted by atomic mass is 9.83. The van der Waals surface area contributed by atoms with E-state index in [1.165, 1.54) is 23.5 Å². The molecule has 4 aromatic rings. The Morgan fingerprint density at radius 1 is 1.22 bits per heavy atom. The van der Waals surface area contributed by atoms with Crippen molar-refractivity contribution in [1.29, 1.82) is 0 Å². The third kappa shape index (κ3) is 2.72. The molecule has 138 valence electrons. The molecule has 0 fully saturated rings. The van der Waals surface area contributed by atoms with Gasteiger partial charge < -0.3 is 15.8 Å². The molecule has 2 aromatic heterocycles. The minimum Gasteiger partial charge on any atom is -0.507 e. The number of aromatic nitrogens is 1. The Hall–Kier alpha value is -2.70. The molecule has 0 bridgehead atoms. The molecule has 4 nitrogen and oxygen atoms in total. The van der Waals surface area contributed by atoms with Gasteiger partial charge in [-0.25, -0.2) is 4.39 Å². The molecule has 0 aliphatic heterocycles. The van der Waals surface area contributed by atoms with Crippen molar-refractivity contribution < 1.29 is 9.50 Å². The van der Waals surface area contributed by atoms with Crippen molar-refractivity contribution in [2.24, 2.45) is 5.73 Å². The van der Waals surface area contributed by atoms with Crippen LogP contribution in [0.2, 0.25) is 0 Å². The zero-order chi connectivity index (χ0) is 19.3. The van der Waals surface area contributed by atoms with Gasteiger partial charge in [-0.15, -0.1) is 11.3 Å². The summed E-state index contributed by atoms with van der Waals surface area (Å²) in [6.07, 6.45) is 0. The van der Waals surface area contributed by atoms with Crippen molar-refractivity contribution in [2.45, 2.75) is 19.3 Å². The van der Waals surface area contributed by atoms with Crippen molar-refractivity contribution in [1.82, 2.24) is 4.98 Å². The fourth-order valence-corrected chi connectivity index (χ4v) is 4.25. The molecule has 0 radical (unpaired) electrons. The number of aromatic amines is 1. The maximum atomic E-state index is 14.9. The second-order valence-electron chi connectivity index (χ2n) is 7.28. The van der Waals surface area contributed by atoms with Gasteiger partial charge in [0.05, 0.1) is 0 Å². The number of halogens is 1. The third-order valence-corrected chi connectivity index (χ3v) is 5.98. The molecule has 2 heterocycles. The van der Waals surface area contributed by atoms with Crippen LogP contribution in [-0.4, -0.2) is 16.6 Å². The normalized spacial score (nSPS) is 12.1. The van der Waals surface area contributed by atoms with Crippen molar-refractivity contribution in [3.05, 3.63) is 63.5 Å². The molecule has 0 unspecified atom stereocenters. The van der Waals surface area contributed by atoms with Gasteiger partial charge >= 0.3 is 0 Å². The van der Waals surface area contributed by atoms with Gasteiger partial charge in [0.2, 0.25) is 0 Å². The van der Waals surface area contributed by atoms with E-state index in [-0.39, 0.29) is 17.1 Å². The Labute approximate surface area is 159 Å². The van der Waals surface area contributed by atoms with Gasteiger partial charge in [-0.05, 0) is 40.8 Å². The molecular formula is C21H19FN2O2S. The molecule has 0 saturated carbocycles. The number of H-pyrrole nitrogens is 1. The summed E-state index contributed by atoms with van der Waals surface area (Å²) >= 11 is 1.34. The topological polar surface area (TPSA) is 79.1 Å². The SMILES string of the molecule is CC(C)(CN)c1ccc(-c2c(O)ccc3[nH]c(=O)c4sccc4c23)cc1F. The first-order chi connectivity index (χ1) is 12.8. The van der Waals surface area contributed by atoms with Crippen LogP contribution in [0.1, 0.15) is 19.4 Å². The average molecular weight is 382 g/mol. The summed E-state index contributed by atoms with van der Waals surface area (Å²) in [6.45, 7) is 4.10. The molecule has 0 amide bonds. The van der Waals surface area contributed by atoms with Crippen LogP contribution in [0.5, 0.6) is 5.75 Å². The summed E-state index contributed by atoms with van der Waals surface area (Å²) in [7, 11) is 0. The zero-order valence-corrected chi connectivity index (χ0v) is 15.8. The summed E-state index contributed by atoms with van der Waals surface area (Å²) in [6, 6.07) is 9.95. The van der Waals surface area contributed by atoms with Crippen LogP contribution in [0.4, 0.5) is 4.39 Å². The highest BCUT2D eigenvalue weighted by Crippen LogP contribution is 2.40. The first-order valence-corrected chi connectivity index (χ1v) is 9.47. The number of nitrogens with one attached hydrogen (secondary N) is 1. The van der Waals surface area contributed by atoms with Crippen LogP contribution in [-0.2, 0) is 5.41 Å². The van der Waals surface area contributed by atoms with Crippen molar-refractivity contribution >= 4 is 32.3 Å². The number of rotatable bonds is 3. The highest BCUT2D eigenvalue weighted by molar-refractivity contribution is 7.17. The molecule has 27 heavy (non-hydrogen) atoms. The van der Waals surface area contributed by atoms with Gasteiger partial charge in [-0.2, -0.15) is 0 Å². The minimum absolute atomic E-state index is 0.0345. The van der Waals surface area contributed by atoms with Crippen LogP contribution >= 0.6 is 11.3 Å². The molecule has 2 aromatic carbocycles. The summed E-state index contributed by atoms with van der Waals surface area (Å²) in [5.74, 6) is -0.336. The number of fused-ring (bicyclic) bond motifs is 3. The number of hydrogen-bond acceptors (Lipinski definition) is 4. The van der Waals surface area contributed by atoms with Crippen molar-refractivity contribution in [3.63, 3.8) is 0 Å². The van der Waals surface area contributed by atoms with E-state index in [0.29, 0.717) is 38.8 Å². The van der Waals surface area contributed by atoms with Gasteiger partial charge in [0.25, 0.3) is 5.56 Å². The number of pyridine rings is 1. The summed E-state index contributed by atoms with van der Waals surface area (Å²) < 4.78 is 15.5. The quantitative estimate of drug-likeness (QED) is 0.488. The van der Waals surface area contributed by atoms with Crippen LogP contribution < -0.4 is 11.3 Å². The molecule has 6 heteroatoms. The predicted octanol–water partition coefficient (Wildman–Crippen LogP) is 4.49. The van der Waals surface area contributed by atoms with E-state index in [0.717, 1.165) is 5.39 Å². The monoisotopic (exact) mass is 382 g/mol. The number of nitrogens with two attached hydrogens (primary N) is 1. The molecule has 0 aliphatic carbocycles. The lowest BCUT2D eigenvalue weighted by Crippen LogP contribution is -2.29. The Morgan fingerprint density at radius 3 is 2.70 bits per heavy atom.